The van der Waals surface area contributed by atoms with Gasteiger partial charge in [-0.2, -0.15) is 0 Å². The van der Waals surface area contributed by atoms with E-state index in [1.807, 2.05) is 0 Å². The number of carboxylic acids is 1. The van der Waals surface area contributed by atoms with Crippen molar-refractivity contribution >= 4 is 52.2 Å². The van der Waals surface area contributed by atoms with E-state index in [0.717, 1.165) is 16.7 Å². The molecular formula is C18H13ClN2O7S. The molecule has 2 aromatic rings. The predicted octanol–water partition coefficient (Wildman–Crippen LogP) is 4.41. The second-order valence-corrected chi connectivity index (χ2v) is 7.35. The van der Waals surface area contributed by atoms with Crippen LogP contribution in [0.4, 0.5) is 10.5 Å². The molecule has 1 N–H and O–H groups in total. The third kappa shape index (κ3) is 4.66. The topological polar surface area (TPSA) is 131 Å². The molecule has 150 valence electrons. The Morgan fingerprint density at radius 2 is 2.07 bits per heavy atom. The normalized spacial score (nSPS) is 15.3. The first kappa shape index (κ1) is 20.6. The van der Waals surface area contributed by atoms with Gasteiger partial charge in [-0.3, -0.25) is 29.4 Å². The number of rotatable bonds is 7. The fourth-order valence-electron chi connectivity index (χ4n) is 2.60. The summed E-state index contributed by atoms with van der Waals surface area (Å²) in [5, 5.41) is 19.4. The molecule has 1 saturated heterocycles. The number of hydrogen-bond acceptors (Lipinski definition) is 7. The van der Waals surface area contributed by atoms with E-state index in [0.29, 0.717) is 5.56 Å². The number of carboxylic acid groups (broad SMARTS) is 1. The smallest absolute Gasteiger partial charge is 0.303 e. The van der Waals surface area contributed by atoms with Crippen LogP contribution >= 0.6 is 23.4 Å². The van der Waals surface area contributed by atoms with Gasteiger partial charge in [-0.25, -0.2) is 0 Å². The summed E-state index contributed by atoms with van der Waals surface area (Å²) in [6.07, 6.45) is 1.40. The maximum Gasteiger partial charge on any atom is 0.303 e. The highest BCUT2D eigenvalue weighted by molar-refractivity contribution is 8.18. The number of imide groups is 1. The molecule has 0 saturated carbocycles. The van der Waals surface area contributed by atoms with Crippen molar-refractivity contribution in [3.8, 4) is 11.3 Å². The number of benzene rings is 1. The number of nitro benzene ring substituents is 1. The molecule has 1 aliphatic rings. The lowest BCUT2D eigenvalue weighted by molar-refractivity contribution is -0.384. The molecule has 0 radical (unpaired) electrons. The highest BCUT2D eigenvalue weighted by Gasteiger charge is 2.34. The summed E-state index contributed by atoms with van der Waals surface area (Å²) in [6, 6.07) is 7.04. The van der Waals surface area contributed by atoms with E-state index in [1.165, 1.54) is 24.3 Å². The molecule has 1 fully saturated rings. The molecule has 1 aromatic carbocycles. The molecule has 2 amide bonds. The maximum absolute atomic E-state index is 12.4. The summed E-state index contributed by atoms with van der Waals surface area (Å²) in [4.78, 5) is 46.5. The second-order valence-electron chi connectivity index (χ2n) is 5.95. The van der Waals surface area contributed by atoms with Crippen LogP contribution in [0.3, 0.4) is 0 Å². The molecule has 29 heavy (non-hydrogen) atoms. The summed E-state index contributed by atoms with van der Waals surface area (Å²) in [5.74, 6) is -1.00. The van der Waals surface area contributed by atoms with E-state index in [1.54, 1.807) is 12.1 Å². The molecule has 0 aliphatic carbocycles. The minimum absolute atomic E-state index is 0.0149. The minimum atomic E-state index is -1.00. The SMILES string of the molecule is O=C(O)CCCN1C(=O)SC(=Cc2ccc(-c3cc([N+](=O)[O-])ccc3Cl)o2)C1=O. The Bertz CT molecular complexity index is 1050. The first-order chi connectivity index (χ1) is 13.8. The van der Waals surface area contributed by atoms with E-state index < -0.39 is 22.0 Å². The van der Waals surface area contributed by atoms with Crippen LogP contribution in [0.15, 0.2) is 39.7 Å². The van der Waals surface area contributed by atoms with Crippen LogP contribution in [0, 0.1) is 10.1 Å². The van der Waals surface area contributed by atoms with Crippen LogP contribution in [-0.2, 0) is 9.59 Å². The van der Waals surface area contributed by atoms with Crippen LogP contribution in [0.1, 0.15) is 18.6 Å². The second kappa shape index (κ2) is 8.50. The van der Waals surface area contributed by atoms with Gasteiger partial charge in [0.1, 0.15) is 11.5 Å². The number of nitro groups is 1. The van der Waals surface area contributed by atoms with Gasteiger partial charge in [-0.15, -0.1) is 0 Å². The fourth-order valence-corrected chi connectivity index (χ4v) is 3.66. The van der Waals surface area contributed by atoms with Crippen molar-refractivity contribution in [2.24, 2.45) is 0 Å². The van der Waals surface area contributed by atoms with Gasteiger partial charge < -0.3 is 9.52 Å². The van der Waals surface area contributed by atoms with Gasteiger partial charge in [0.15, 0.2) is 0 Å². The van der Waals surface area contributed by atoms with Crippen molar-refractivity contribution in [3.63, 3.8) is 0 Å². The minimum Gasteiger partial charge on any atom is -0.481 e. The largest absolute Gasteiger partial charge is 0.481 e. The number of furan rings is 1. The number of thioether (sulfide) groups is 1. The zero-order valence-corrected chi connectivity index (χ0v) is 16.2. The van der Waals surface area contributed by atoms with E-state index in [9.17, 15) is 24.5 Å². The summed E-state index contributed by atoms with van der Waals surface area (Å²) in [7, 11) is 0. The molecule has 9 nitrogen and oxygen atoms in total. The number of nitrogens with zero attached hydrogens (tertiary/aromatic N) is 2. The Balaban J connectivity index is 1.79. The van der Waals surface area contributed by atoms with Crippen LogP contribution in [0.2, 0.25) is 5.02 Å². The van der Waals surface area contributed by atoms with Gasteiger partial charge in [0.05, 0.1) is 14.9 Å². The molecular weight excluding hydrogens is 424 g/mol. The lowest BCUT2D eigenvalue weighted by Crippen LogP contribution is -2.29. The Kier molecular flexibility index (Phi) is 6.04. The lowest BCUT2D eigenvalue weighted by atomic mass is 10.1. The van der Waals surface area contributed by atoms with Crippen molar-refractivity contribution in [3.05, 3.63) is 56.1 Å². The zero-order valence-electron chi connectivity index (χ0n) is 14.7. The summed E-state index contributed by atoms with van der Waals surface area (Å²) in [5.41, 5.74) is 0.173. The number of aliphatic carboxylic acids is 1. The average Bonchev–Trinajstić information content (AvgIpc) is 3.21. The Morgan fingerprint density at radius 3 is 2.76 bits per heavy atom. The van der Waals surface area contributed by atoms with Crippen molar-refractivity contribution in [1.29, 1.82) is 0 Å². The molecule has 2 heterocycles. The molecule has 1 aliphatic heterocycles. The molecule has 3 rings (SSSR count). The lowest BCUT2D eigenvalue weighted by Gasteiger charge is -2.10. The molecule has 0 bridgehead atoms. The van der Waals surface area contributed by atoms with Crippen molar-refractivity contribution < 1.29 is 28.8 Å². The first-order valence-corrected chi connectivity index (χ1v) is 9.47. The van der Waals surface area contributed by atoms with Gasteiger partial charge >= 0.3 is 5.97 Å². The number of hydrogen-bond donors (Lipinski definition) is 1. The summed E-state index contributed by atoms with van der Waals surface area (Å²) in [6.45, 7) is 0.0149. The molecule has 0 atom stereocenters. The number of carbonyl (C=O) groups excluding carboxylic acids is 2. The van der Waals surface area contributed by atoms with Gasteiger partial charge in [-0.05, 0) is 36.4 Å². The average molecular weight is 437 g/mol. The fraction of sp³-hybridized carbons (Fsp3) is 0.167. The van der Waals surface area contributed by atoms with Crippen LogP contribution in [0.25, 0.3) is 17.4 Å². The Morgan fingerprint density at radius 1 is 1.31 bits per heavy atom. The van der Waals surface area contributed by atoms with Crippen LogP contribution < -0.4 is 0 Å². The van der Waals surface area contributed by atoms with Gasteiger partial charge in [-0.1, -0.05) is 11.6 Å². The predicted molar refractivity (Wildman–Crippen MR) is 105 cm³/mol. The number of carbonyl (C=O) groups is 3. The number of amides is 2. The van der Waals surface area contributed by atoms with E-state index in [2.05, 4.69) is 0 Å². The molecule has 0 spiro atoms. The molecule has 0 unspecified atom stereocenters. The Hall–Kier alpha value is -3.11. The van der Waals surface area contributed by atoms with Gasteiger partial charge in [0.2, 0.25) is 0 Å². The van der Waals surface area contributed by atoms with Crippen LogP contribution in [0.5, 0.6) is 0 Å². The van der Waals surface area contributed by atoms with E-state index >= 15 is 0 Å². The van der Waals surface area contributed by atoms with Gasteiger partial charge in [0.25, 0.3) is 16.8 Å². The molecule has 11 heteroatoms. The first-order valence-electron chi connectivity index (χ1n) is 8.27. The number of non-ortho nitro benzene ring substituents is 1. The third-order valence-electron chi connectivity index (χ3n) is 3.97. The summed E-state index contributed by atoms with van der Waals surface area (Å²) >= 11 is 6.82. The van der Waals surface area contributed by atoms with Crippen LogP contribution in [-0.4, -0.2) is 38.6 Å². The zero-order chi connectivity index (χ0) is 21.1. The Labute approximate surface area is 173 Å². The maximum atomic E-state index is 12.4. The monoisotopic (exact) mass is 436 g/mol. The van der Waals surface area contributed by atoms with E-state index in [4.69, 9.17) is 21.1 Å². The summed E-state index contributed by atoms with van der Waals surface area (Å²) < 4.78 is 5.62. The highest BCUT2D eigenvalue weighted by Crippen LogP contribution is 2.35. The van der Waals surface area contributed by atoms with Gasteiger partial charge in [0, 0.05) is 36.7 Å². The highest BCUT2D eigenvalue weighted by atomic mass is 35.5. The number of halogens is 1. The van der Waals surface area contributed by atoms with Crippen molar-refractivity contribution in [2.75, 3.05) is 6.54 Å². The van der Waals surface area contributed by atoms with E-state index in [-0.39, 0.29) is 46.5 Å². The standard InChI is InChI=1S/C18H13ClN2O7S/c19-13-5-3-10(21(26)27)8-12(13)14-6-4-11(28-14)9-15-17(24)20(18(25)29-15)7-1-2-16(22)23/h3-6,8-9H,1-2,7H2,(H,22,23). The van der Waals surface area contributed by atoms with Crippen molar-refractivity contribution in [2.45, 2.75) is 12.8 Å². The molecule has 1 aromatic heterocycles. The van der Waals surface area contributed by atoms with Crippen molar-refractivity contribution in [1.82, 2.24) is 4.90 Å². The quantitative estimate of drug-likeness (QED) is 0.383. The third-order valence-corrected chi connectivity index (χ3v) is 5.21.